The van der Waals surface area contributed by atoms with Crippen molar-refractivity contribution < 1.29 is 13.2 Å². The van der Waals surface area contributed by atoms with E-state index in [1.165, 1.54) is 10.7 Å². The Hall–Kier alpha value is -1.40. The fourth-order valence-electron chi connectivity index (χ4n) is 3.73. The smallest absolute Gasteiger partial charge is 0.255 e. The molecule has 0 radical (unpaired) electrons. The quantitative estimate of drug-likeness (QED) is 0.827. The molecule has 2 fully saturated rings. The molecule has 25 heavy (non-hydrogen) atoms. The van der Waals surface area contributed by atoms with Gasteiger partial charge in [-0.3, -0.25) is 4.79 Å². The van der Waals surface area contributed by atoms with Crippen molar-refractivity contribution in [3.8, 4) is 0 Å². The van der Waals surface area contributed by atoms with Gasteiger partial charge in [-0.25, -0.2) is 8.42 Å². The lowest BCUT2D eigenvalue weighted by Crippen LogP contribution is -2.38. The summed E-state index contributed by atoms with van der Waals surface area (Å²) in [6.45, 7) is 2.54. The van der Waals surface area contributed by atoms with Gasteiger partial charge < -0.3 is 4.90 Å². The van der Waals surface area contributed by atoms with Crippen molar-refractivity contribution in [1.29, 1.82) is 0 Å². The number of nitrogens with zero attached hydrogens (tertiary/aromatic N) is 2. The maximum Gasteiger partial charge on any atom is 0.255 e. The van der Waals surface area contributed by atoms with Crippen molar-refractivity contribution in [2.24, 2.45) is 0 Å². The molecule has 138 valence electrons. The highest BCUT2D eigenvalue weighted by molar-refractivity contribution is 7.89. The van der Waals surface area contributed by atoms with Crippen LogP contribution in [0.1, 0.15) is 61.7 Å². The molecule has 5 nitrogen and oxygen atoms in total. The predicted molar refractivity (Wildman–Crippen MR) is 98.0 cm³/mol. The van der Waals surface area contributed by atoms with E-state index in [-0.39, 0.29) is 10.8 Å². The molecule has 3 rings (SSSR count). The molecule has 2 heterocycles. The maximum absolute atomic E-state index is 13.1. The Morgan fingerprint density at radius 1 is 0.760 bits per heavy atom. The number of carbonyl (C=O) groups is 1. The minimum absolute atomic E-state index is 0.141. The molecular weight excluding hydrogens is 336 g/mol. The zero-order valence-electron chi connectivity index (χ0n) is 14.8. The van der Waals surface area contributed by atoms with Crippen LogP contribution < -0.4 is 0 Å². The second-order valence-electron chi connectivity index (χ2n) is 7.02. The number of rotatable bonds is 3. The van der Waals surface area contributed by atoms with E-state index < -0.39 is 10.0 Å². The first-order valence-electron chi connectivity index (χ1n) is 9.49. The molecule has 2 saturated heterocycles. The number of hydrogen-bond acceptors (Lipinski definition) is 3. The van der Waals surface area contributed by atoms with Crippen LogP contribution in [-0.4, -0.2) is 49.7 Å². The largest absolute Gasteiger partial charge is 0.339 e. The summed E-state index contributed by atoms with van der Waals surface area (Å²) in [5, 5.41) is 0. The van der Waals surface area contributed by atoms with Gasteiger partial charge in [0, 0.05) is 26.2 Å². The second kappa shape index (κ2) is 8.32. The molecule has 0 unspecified atom stereocenters. The van der Waals surface area contributed by atoms with Crippen LogP contribution in [-0.2, 0) is 10.0 Å². The monoisotopic (exact) mass is 364 g/mol. The van der Waals surface area contributed by atoms with E-state index in [1.807, 2.05) is 4.90 Å². The SMILES string of the molecule is O=C(c1ccccc1S(=O)(=O)N1CCCCC1)N1CCCCCCC1. The van der Waals surface area contributed by atoms with Gasteiger partial charge in [0.15, 0.2) is 0 Å². The number of likely N-dealkylation sites (tertiary alicyclic amines) is 1. The van der Waals surface area contributed by atoms with Crippen molar-refractivity contribution in [2.75, 3.05) is 26.2 Å². The van der Waals surface area contributed by atoms with E-state index >= 15 is 0 Å². The van der Waals surface area contributed by atoms with Crippen LogP contribution in [0, 0.1) is 0 Å². The lowest BCUT2D eigenvalue weighted by molar-refractivity contribution is 0.0738. The Balaban J connectivity index is 1.88. The topological polar surface area (TPSA) is 57.7 Å². The summed E-state index contributed by atoms with van der Waals surface area (Å²) in [7, 11) is -3.61. The van der Waals surface area contributed by atoms with Gasteiger partial charge in [0.25, 0.3) is 5.91 Å². The van der Waals surface area contributed by atoms with Gasteiger partial charge in [-0.15, -0.1) is 0 Å². The number of amides is 1. The standard InChI is InChI=1S/C19H28N2O3S/c22-19(20-13-7-2-1-3-8-14-20)17-11-5-6-12-18(17)25(23,24)21-15-9-4-10-16-21/h5-6,11-12H,1-4,7-10,13-16H2. The molecule has 1 aromatic carbocycles. The van der Waals surface area contributed by atoms with Crippen LogP contribution in [0.3, 0.4) is 0 Å². The summed E-state index contributed by atoms with van der Waals surface area (Å²) in [5.74, 6) is -0.141. The summed E-state index contributed by atoms with van der Waals surface area (Å²) in [4.78, 5) is 15.1. The highest BCUT2D eigenvalue weighted by atomic mass is 32.2. The van der Waals surface area contributed by atoms with E-state index in [0.29, 0.717) is 18.7 Å². The van der Waals surface area contributed by atoms with Gasteiger partial charge >= 0.3 is 0 Å². The Labute approximate surface area is 151 Å². The Morgan fingerprint density at radius 3 is 1.96 bits per heavy atom. The van der Waals surface area contributed by atoms with Crippen molar-refractivity contribution in [1.82, 2.24) is 9.21 Å². The fraction of sp³-hybridized carbons (Fsp3) is 0.632. The first kappa shape index (κ1) is 18.4. The van der Waals surface area contributed by atoms with Crippen LogP contribution >= 0.6 is 0 Å². The number of benzene rings is 1. The molecule has 0 atom stereocenters. The molecule has 0 spiro atoms. The summed E-state index contributed by atoms with van der Waals surface area (Å²) >= 11 is 0. The van der Waals surface area contributed by atoms with E-state index in [0.717, 1.165) is 58.0 Å². The lowest BCUT2D eigenvalue weighted by atomic mass is 10.1. The molecule has 1 amide bonds. The molecule has 0 aliphatic carbocycles. The first-order chi connectivity index (χ1) is 12.1. The summed E-state index contributed by atoms with van der Waals surface area (Å²) in [6, 6.07) is 6.72. The van der Waals surface area contributed by atoms with Gasteiger partial charge in [0.1, 0.15) is 0 Å². The molecule has 2 aliphatic rings. The van der Waals surface area contributed by atoms with Crippen molar-refractivity contribution in [3.05, 3.63) is 29.8 Å². The number of hydrogen-bond donors (Lipinski definition) is 0. The van der Waals surface area contributed by atoms with Crippen LogP contribution in [0.15, 0.2) is 29.2 Å². The lowest BCUT2D eigenvalue weighted by Gasteiger charge is -2.28. The molecule has 0 bridgehead atoms. The van der Waals surface area contributed by atoms with Crippen LogP contribution in [0.2, 0.25) is 0 Å². The fourth-order valence-corrected chi connectivity index (χ4v) is 5.43. The average Bonchev–Trinajstić information content (AvgIpc) is 2.62. The Kier molecular flexibility index (Phi) is 6.12. The summed E-state index contributed by atoms with van der Waals surface area (Å²) < 4.78 is 27.7. The van der Waals surface area contributed by atoms with Crippen molar-refractivity contribution in [3.63, 3.8) is 0 Å². The Morgan fingerprint density at radius 2 is 1.28 bits per heavy atom. The van der Waals surface area contributed by atoms with E-state index in [9.17, 15) is 13.2 Å². The van der Waals surface area contributed by atoms with Gasteiger partial charge in [0.05, 0.1) is 10.5 Å². The van der Waals surface area contributed by atoms with Crippen molar-refractivity contribution in [2.45, 2.75) is 56.3 Å². The third-order valence-electron chi connectivity index (χ3n) is 5.19. The minimum Gasteiger partial charge on any atom is -0.339 e. The third-order valence-corrected chi connectivity index (χ3v) is 7.15. The molecule has 0 aromatic heterocycles. The zero-order valence-corrected chi connectivity index (χ0v) is 15.6. The summed E-state index contributed by atoms with van der Waals surface area (Å²) in [6.07, 6.45) is 8.33. The average molecular weight is 365 g/mol. The first-order valence-corrected chi connectivity index (χ1v) is 10.9. The molecule has 0 saturated carbocycles. The van der Waals surface area contributed by atoms with Crippen LogP contribution in [0.4, 0.5) is 0 Å². The normalized spacial score (nSPS) is 20.7. The van der Waals surface area contributed by atoms with Gasteiger partial charge in [-0.05, 0) is 37.8 Å². The van der Waals surface area contributed by atoms with E-state index in [2.05, 4.69) is 0 Å². The molecule has 6 heteroatoms. The maximum atomic E-state index is 13.1. The molecule has 1 aromatic rings. The van der Waals surface area contributed by atoms with Gasteiger partial charge in [-0.2, -0.15) is 4.31 Å². The third kappa shape index (κ3) is 4.23. The van der Waals surface area contributed by atoms with Crippen molar-refractivity contribution >= 4 is 15.9 Å². The highest BCUT2D eigenvalue weighted by Crippen LogP contribution is 2.25. The van der Waals surface area contributed by atoms with E-state index in [1.54, 1.807) is 24.3 Å². The second-order valence-corrected chi connectivity index (χ2v) is 8.93. The predicted octanol–water partition coefficient (Wildman–Crippen LogP) is 3.27. The Bertz CT molecular complexity index is 688. The minimum atomic E-state index is -3.61. The number of carbonyl (C=O) groups excluding carboxylic acids is 1. The van der Waals surface area contributed by atoms with Crippen LogP contribution in [0.25, 0.3) is 0 Å². The van der Waals surface area contributed by atoms with Gasteiger partial charge in [-0.1, -0.05) is 37.8 Å². The van der Waals surface area contributed by atoms with Gasteiger partial charge in [0.2, 0.25) is 10.0 Å². The molecule has 0 N–H and O–H groups in total. The number of sulfonamides is 1. The zero-order chi connectivity index (χ0) is 17.7. The van der Waals surface area contributed by atoms with E-state index in [4.69, 9.17) is 0 Å². The molecule has 2 aliphatic heterocycles. The van der Waals surface area contributed by atoms with Crippen LogP contribution in [0.5, 0.6) is 0 Å². The summed E-state index contributed by atoms with van der Waals surface area (Å²) in [5.41, 5.74) is 0.327. The number of piperidine rings is 1. The molecular formula is C19H28N2O3S. The highest BCUT2D eigenvalue weighted by Gasteiger charge is 2.31.